The minimum absolute atomic E-state index is 0.0118. The van der Waals surface area contributed by atoms with Crippen LogP contribution < -0.4 is 20.1 Å². The molecule has 2 atom stereocenters. The van der Waals surface area contributed by atoms with Crippen LogP contribution in [0.5, 0.6) is 11.5 Å². The topological polar surface area (TPSA) is 83.1 Å². The van der Waals surface area contributed by atoms with Gasteiger partial charge < -0.3 is 25.2 Å². The highest BCUT2D eigenvalue weighted by molar-refractivity contribution is 5.92. The summed E-state index contributed by atoms with van der Waals surface area (Å²) in [5.41, 5.74) is 0.824. The minimum atomic E-state index is -0.645. The van der Waals surface area contributed by atoms with Gasteiger partial charge in [0.25, 0.3) is 0 Å². The number of benzene rings is 2. The number of carbonyl (C=O) groups excluding carboxylic acids is 1. The molecule has 2 aliphatic rings. The number of nitrogens with zero attached hydrogens (tertiary/aromatic N) is 1. The molecule has 1 fully saturated rings. The van der Waals surface area contributed by atoms with E-state index in [4.69, 9.17) is 9.47 Å². The Balaban J connectivity index is 1.15. The van der Waals surface area contributed by atoms with E-state index in [0.29, 0.717) is 31.5 Å². The van der Waals surface area contributed by atoms with Crippen molar-refractivity contribution in [3.8, 4) is 11.5 Å². The molecular formula is C23H29N3O4. The molecule has 1 saturated heterocycles. The summed E-state index contributed by atoms with van der Waals surface area (Å²) in [7, 11) is 0. The van der Waals surface area contributed by atoms with Crippen molar-refractivity contribution in [2.45, 2.75) is 31.1 Å². The van der Waals surface area contributed by atoms with Gasteiger partial charge in [0, 0.05) is 31.4 Å². The second-order valence-electron chi connectivity index (χ2n) is 7.85. The number of hydrogen-bond donors (Lipinski definition) is 3. The fourth-order valence-electron chi connectivity index (χ4n) is 3.86. The van der Waals surface area contributed by atoms with Crippen molar-refractivity contribution in [2.24, 2.45) is 0 Å². The van der Waals surface area contributed by atoms with Crippen molar-refractivity contribution in [1.29, 1.82) is 0 Å². The molecule has 160 valence electrons. The summed E-state index contributed by atoms with van der Waals surface area (Å²) in [6.07, 6.45) is 0.856. The van der Waals surface area contributed by atoms with E-state index in [1.54, 1.807) is 0 Å². The summed E-state index contributed by atoms with van der Waals surface area (Å²) in [4.78, 5) is 14.4. The third kappa shape index (κ3) is 5.50. The van der Waals surface area contributed by atoms with Crippen LogP contribution in [0.15, 0.2) is 54.6 Å². The maximum atomic E-state index is 12.2. The van der Waals surface area contributed by atoms with Crippen molar-refractivity contribution < 1.29 is 19.4 Å². The summed E-state index contributed by atoms with van der Waals surface area (Å²) in [5, 5.41) is 16.9. The molecule has 0 aliphatic carbocycles. The second kappa shape index (κ2) is 9.93. The fourth-order valence-corrected chi connectivity index (χ4v) is 3.86. The number of fused-ring (bicyclic) bond motifs is 1. The van der Waals surface area contributed by atoms with Gasteiger partial charge in [-0.1, -0.05) is 30.3 Å². The third-order valence-electron chi connectivity index (χ3n) is 5.59. The van der Waals surface area contributed by atoms with Crippen LogP contribution in [0, 0.1) is 0 Å². The normalized spacial score (nSPS) is 20.5. The third-order valence-corrected chi connectivity index (χ3v) is 5.59. The number of aliphatic hydroxyl groups is 1. The van der Waals surface area contributed by atoms with Gasteiger partial charge in [0.05, 0.1) is 6.54 Å². The highest BCUT2D eigenvalue weighted by atomic mass is 16.6. The molecule has 0 bridgehead atoms. The van der Waals surface area contributed by atoms with Gasteiger partial charge in [0.1, 0.15) is 12.7 Å². The van der Waals surface area contributed by atoms with Crippen LogP contribution >= 0.6 is 0 Å². The van der Waals surface area contributed by atoms with Gasteiger partial charge in [-0.3, -0.25) is 9.69 Å². The Labute approximate surface area is 177 Å². The van der Waals surface area contributed by atoms with Gasteiger partial charge in [0.2, 0.25) is 5.91 Å². The lowest BCUT2D eigenvalue weighted by atomic mass is 10.0. The van der Waals surface area contributed by atoms with Gasteiger partial charge in [0.15, 0.2) is 17.6 Å². The average Bonchev–Trinajstić information content (AvgIpc) is 2.78. The Hall–Kier alpha value is -2.61. The Morgan fingerprint density at radius 2 is 1.77 bits per heavy atom. The number of para-hydroxylation sites is 3. The van der Waals surface area contributed by atoms with E-state index in [1.165, 1.54) is 0 Å². The molecule has 0 aromatic heterocycles. The lowest BCUT2D eigenvalue weighted by Gasteiger charge is -2.34. The van der Waals surface area contributed by atoms with Crippen molar-refractivity contribution in [3.05, 3.63) is 54.6 Å². The first-order valence-electron chi connectivity index (χ1n) is 10.5. The molecule has 2 unspecified atom stereocenters. The summed E-state index contributed by atoms with van der Waals surface area (Å²) in [5.74, 6) is 1.41. The lowest BCUT2D eigenvalue weighted by molar-refractivity contribution is -0.117. The van der Waals surface area contributed by atoms with Gasteiger partial charge in [-0.05, 0) is 37.1 Å². The van der Waals surface area contributed by atoms with Gasteiger partial charge in [-0.25, -0.2) is 0 Å². The molecule has 2 aromatic carbocycles. The standard InChI is InChI=1S/C23H29N3O4/c27-19(22-16-29-20-8-4-5-9-21(20)30-22)14-24-17-10-12-26(13-11-17)15-23(28)25-18-6-2-1-3-7-18/h1-9,17,19,22,24,27H,10-16H2,(H,25,28). The number of amides is 1. The molecule has 0 radical (unpaired) electrons. The molecule has 0 spiro atoms. The molecule has 2 heterocycles. The zero-order valence-electron chi connectivity index (χ0n) is 17.0. The van der Waals surface area contributed by atoms with Crippen LogP contribution in [0.1, 0.15) is 12.8 Å². The first-order chi connectivity index (χ1) is 14.7. The quantitative estimate of drug-likeness (QED) is 0.645. The van der Waals surface area contributed by atoms with Crippen LogP contribution in [-0.4, -0.2) is 66.9 Å². The SMILES string of the molecule is O=C(CN1CCC(NCC(O)C2COc3ccccc3O2)CC1)Nc1ccccc1. The van der Waals surface area contributed by atoms with E-state index >= 15 is 0 Å². The molecule has 0 saturated carbocycles. The number of rotatable bonds is 7. The number of anilines is 1. The van der Waals surface area contributed by atoms with Crippen LogP contribution in [-0.2, 0) is 4.79 Å². The predicted molar refractivity (Wildman–Crippen MR) is 115 cm³/mol. The smallest absolute Gasteiger partial charge is 0.238 e. The largest absolute Gasteiger partial charge is 0.486 e. The van der Waals surface area contributed by atoms with Crippen LogP contribution in [0.25, 0.3) is 0 Å². The van der Waals surface area contributed by atoms with E-state index in [2.05, 4.69) is 15.5 Å². The van der Waals surface area contributed by atoms with Crippen molar-refractivity contribution in [1.82, 2.24) is 10.2 Å². The maximum absolute atomic E-state index is 12.2. The van der Waals surface area contributed by atoms with E-state index in [-0.39, 0.29) is 12.0 Å². The van der Waals surface area contributed by atoms with E-state index in [0.717, 1.165) is 37.4 Å². The van der Waals surface area contributed by atoms with E-state index in [9.17, 15) is 9.90 Å². The molecular weight excluding hydrogens is 382 g/mol. The zero-order chi connectivity index (χ0) is 20.8. The molecule has 2 aromatic rings. The zero-order valence-corrected chi connectivity index (χ0v) is 17.0. The summed E-state index contributed by atoms with van der Waals surface area (Å²) in [6.45, 7) is 2.90. The predicted octanol–water partition coefficient (Wildman–Crippen LogP) is 1.88. The number of nitrogens with one attached hydrogen (secondary N) is 2. The van der Waals surface area contributed by atoms with Crippen LogP contribution in [0.3, 0.4) is 0 Å². The molecule has 7 nitrogen and oxygen atoms in total. The van der Waals surface area contributed by atoms with Crippen molar-refractivity contribution in [2.75, 3.05) is 38.1 Å². The highest BCUT2D eigenvalue weighted by Gasteiger charge is 2.28. The lowest BCUT2D eigenvalue weighted by Crippen LogP contribution is -2.50. The molecule has 30 heavy (non-hydrogen) atoms. The summed E-state index contributed by atoms with van der Waals surface area (Å²) in [6, 6.07) is 17.4. The first-order valence-corrected chi connectivity index (χ1v) is 10.5. The molecule has 1 amide bonds. The van der Waals surface area contributed by atoms with Crippen LogP contribution in [0.2, 0.25) is 0 Å². The number of ether oxygens (including phenoxy) is 2. The van der Waals surface area contributed by atoms with E-state index in [1.807, 2.05) is 54.6 Å². The minimum Gasteiger partial charge on any atom is -0.486 e. The number of piperidine rings is 1. The number of hydrogen-bond acceptors (Lipinski definition) is 6. The molecule has 7 heteroatoms. The Bertz CT molecular complexity index is 824. The second-order valence-corrected chi connectivity index (χ2v) is 7.85. The molecule has 4 rings (SSSR count). The Morgan fingerprint density at radius 1 is 1.07 bits per heavy atom. The molecule has 2 aliphatic heterocycles. The van der Waals surface area contributed by atoms with Gasteiger partial charge >= 0.3 is 0 Å². The number of aliphatic hydroxyl groups excluding tert-OH is 1. The fraction of sp³-hybridized carbons (Fsp3) is 0.435. The van der Waals surface area contributed by atoms with Gasteiger partial charge in [-0.2, -0.15) is 0 Å². The van der Waals surface area contributed by atoms with Crippen LogP contribution in [0.4, 0.5) is 5.69 Å². The maximum Gasteiger partial charge on any atom is 0.238 e. The van der Waals surface area contributed by atoms with E-state index < -0.39 is 6.10 Å². The van der Waals surface area contributed by atoms with Crippen molar-refractivity contribution >= 4 is 11.6 Å². The number of carbonyl (C=O) groups is 1. The Kier molecular flexibility index (Phi) is 6.84. The summed E-state index contributed by atoms with van der Waals surface area (Å²) >= 11 is 0. The first kappa shape index (κ1) is 20.7. The average molecular weight is 412 g/mol. The van der Waals surface area contributed by atoms with Crippen molar-refractivity contribution in [3.63, 3.8) is 0 Å². The monoisotopic (exact) mass is 411 g/mol. The highest BCUT2D eigenvalue weighted by Crippen LogP contribution is 2.31. The number of likely N-dealkylation sites (tertiary alicyclic amines) is 1. The summed E-state index contributed by atoms with van der Waals surface area (Å²) < 4.78 is 11.6. The molecule has 3 N–H and O–H groups in total. The van der Waals surface area contributed by atoms with Gasteiger partial charge in [-0.15, -0.1) is 0 Å². The Morgan fingerprint density at radius 3 is 2.53 bits per heavy atom.